The Labute approximate surface area is 273 Å². The van der Waals surface area contributed by atoms with Crippen molar-refractivity contribution < 1.29 is 28.4 Å². The normalized spacial score (nSPS) is 19.9. The average Bonchev–Trinajstić information content (AvgIpc) is 3.90. The minimum absolute atomic E-state index is 0.0256. The number of allylic oxidation sites excluding steroid dienone is 1. The number of benzene rings is 2. The number of alkyl carbamates (subject to hydrolysis) is 1. The summed E-state index contributed by atoms with van der Waals surface area (Å²) in [6.45, 7) is 6.65. The van der Waals surface area contributed by atoms with Gasteiger partial charge in [-0.2, -0.15) is 0 Å². The fourth-order valence-electron chi connectivity index (χ4n) is 6.67. The summed E-state index contributed by atoms with van der Waals surface area (Å²) in [6.07, 6.45) is 5.05. The number of fused-ring (bicyclic) bond motifs is 1. The minimum atomic E-state index is -0.838. The molecule has 3 atom stereocenters. The lowest BCUT2D eigenvalue weighted by atomic mass is 9.96. The summed E-state index contributed by atoms with van der Waals surface area (Å²) < 4.78 is 10.1. The van der Waals surface area contributed by atoms with Crippen LogP contribution in [0.4, 0.5) is 10.6 Å². The molecule has 0 radical (unpaired) electrons. The standard InChI is InChI=1S/C35H40N6O6/c1-20(2)33(43)40-15-5-7-28(40)27-18-25(19-36-27)23-11-9-22(10-12-23)24-13-14-30-26(17-24)31(39-47-30)38-32(42)29-8-6-16-41(29)34(44)21(3)37-35(45)46-4/h9-14,17,19-21,28-29H,5-8,15-16,18H2,1-4H3,(H,37,45)(H,38,39,42)/t21-,28-,29-/m0/s1. The molecule has 6 rings (SSSR count). The molecular weight excluding hydrogens is 600 g/mol. The van der Waals surface area contributed by atoms with Gasteiger partial charge in [-0.05, 0) is 67.0 Å². The third kappa shape index (κ3) is 6.49. The Bertz CT molecular complexity index is 1760. The maximum Gasteiger partial charge on any atom is 0.407 e. The molecule has 0 unspecified atom stereocenters. The highest BCUT2D eigenvalue weighted by molar-refractivity contribution is 6.05. The molecule has 4 amide bonds. The van der Waals surface area contributed by atoms with Crippen molar-refractivity contribution in [2.75, 3.05) is 25.5 Å². The highest BCUT2D eigenvalue weighted by atomic mass is 16.5. The predicted octanol–water partition coefficient (Wildman–Crippen LogP) is 5.00. The van der Waals surface area contributed by atoms with E-state index in [1.165, 1.54) is 12.0 Å². The number of nitrogens with one attached hydrogen (secondary N) is 2. The molecule has 246 valence electrons. The zero-order valence-corrected chi connectivity index (χ0v) is 27.1. The molecule has 12 heteroatoms. The van der Waals surface area contributed by atoms with Gasteiger partial charge in [0, 0.05) is 37.3 Å². The molecule has 3 aliphatic rings. The van der Waals surface area contributed by atoms with Crippen LogP contribution in [-0.4, -0.2) is 82.8 Å². The van der Waals surface area contributed by atoms with Crippen molar-refractivity contribution in [3.8, 4) is 11.1 Å². The van der Waals surface area contributed by atoms with Gasteiger partial charge in [0.1, 0.15) is 12.1 Å². The fourth-order valence-corrected chi connectivity index (χ4v) is 6.67. The average molecular weight is 641 g/mol. The van der Waals surface area contributed by atoms with Crippen LogP contribution in [0.2, 0.25) is 0 Å². The second kappa shape index (κ2) is 13.4. The first-order chi connectivity index (χ1) is 22.6. The van der Waals surface area contributed by atoms with Crippen molar-refractivity contribution in [2.24, 2.45) is 10.9 Å². The minimum Gasteiger partial charge on any atom is -0.453 e. The number of methoxy groups -OCH3 is 1. The van der Waals surface area contributed by atoms with E-state index in [1.807, 2.05) is 43.1 Å². The quantitative estimate of drug-likeness (QED) is 0.352. The monoisotopic (exact) mass is 640 g/mol. The number of amides is 4. The van der Waals surface area contributed by atoms with Crippen molar-refractivity contribution in [3.63, 3.8) is 0 Å². The van der Waals surface area contributed by atoms with Crippen molar-refractivity contribution in [1.29, 1.82) is 0 Å². The smallest absolute Gasteiger partial charge is 0.407 e. The van der Waals surface area contributed by atoms with Crippen LogP contribution < -0.4 is 10.6 Å². The van der Waals surface area contributed by atoms with Crippen LogP contribution in [0.5, 0.6) is 0 Å². The van der Waals surface area contributed by atoms with E-state index in [2.05, 4.69) is 44.8 Å². The van der Waals surface area contributed by atoms with E-state index in [0.717, 1.165) is 53.8 Å². The van der Waals surface area contributed by atoms with Gasteiger partial charge in [-0.1, -0.05) is 49.3 Å². The number of likely N-dealkylation sites (tertiary alicyclic amines) is 2. The molecule has 2 fully saturated rings. The van der Waals surface area contributed by atoms with Crippen LogP contribution >= 0.6 is 0 Å². The van der Waals surface area contributed by atoms with Crippen LogP contribution in [0.3, 0.4) is 0 Å². The molecule has 2 saturated heterocycles. The number of carbonyl (C=O) groups is 4. The summed E-state index contributed by atoms with van der Waals surface area (Å²) >= 11 is 0. The van der Waals surface area contributed by atoms with Gasteiger partial charge in [0.05, 0.1) is 18.5 Å². The summed E-state index contributed by atoms with van der Waals surface area (Å²) in [5, 5.41) is 10.1. The number of ether oxygens (including phenoxy) is 1. The van der Waals surface area contributed by atoms with Crippen LogP contribution in [-0.2, 0) is 19.1 Å². The first kappa shape index (κ1) is 32.0. The number of aliphatic imine (C=N–C) groups is 1. The Morgan fingerprint density at radius 2 is 1.62 bits per heavy atom. The van der Waals surface area contributed by atoms with Crippen molar-refractivity contribution >= 4 is 51.9 Å². The Kier molecular flexibility index (Phi) is 9.10. The van der Waals surface area contributed by atoms with Gasteiger partial charge < -0.3 is 29.7 Å². The van der Waals surface area contributed by atoms with E-state index in [1.54, 1.807) is 6.92 Å². The number of nitrogens with zero attached hydrogens (tertiary/aromatic N) is 4. The van der Waals surface area contributed by atoms with E-state index < -0.39 is 18.2 Å². The number of rotatable bonds is 8. The Morgan fingerprint density at radius 1 is 0.915 bits per heavy atom. The van der Waals surface area contributed by atoms with Gasteiger partial charge >= 0.3 is 6.09 Å². The Morgan fingerprint density at radius 3 is 2.36 bits per heavy atom. The number of hydrogen-bond acceptors (Lipinski definition) is 8. The predicted molar refractivity (Wildman–Crippen MR) is 177 cm³/mol. The van der Waals surface area contributed by atoms with E-state index in [-0.39, 0.29) is 35.5 Å². The van der Waals surface area contributed by atoms with Gasteiger partial charge in [-0.25, -0.2) is 4.79 Å². The van der Waals surface area contributed by atoms with Crippen LogP contribution in [0.25, 0.3) is 27.7 Å². The van der Waals surface area contributed by atoms with Crippen LogP contribution in [0.15, 0.2) is 58.2 Å². The number of aromatic nitrogens is 1. The zero-order chi connectivity index (χ0) is 33.2. The highest BCUT2D eigenvalue weighted by Crippen LogP contribution is 2.33. The molecule has 2 aromatic carbocycles. The van der Waals surface area contributed by atoms with Gasteiger partial charge in [0.2, 0.25) is 17.7 Å². The number of carbonyl (C=O) groups excluding carboxylic acids is 4. The van der Waals surface area contributed by atoms with Crippen molar-refractivity contribution in [2.45, 2.75) is 71.0 Å². The van der Waals surface area contributed by atoms with Crippen LogP contribution in [0.1, 0.15) is 58.4 Å². The third-order valence-corrected chi connectivity index (χ3v) is 9.20. The molecule has 2 N–H and O–H groups in total. The molecule has 4 heterocycles. The van der Waals surface area contributed by atoms with E-state index in [0.29, 0.717) is 30.4 Å². The van der Waals surface area contributed by atoms with E-state index >= 15 is 0 Å². The van der Waals surface area contributed by atoms with Gasteiger partial charge in [0.15, 0.2) is 11.4 Å². The second-order valence-corrected chi connectivity index (χ2v) is 12.7. The summed E-state index contributed by atoms with van der Waals surface area (Å²) in [5.41, 5.74) is 5.70. The first-order valence-corrected chi connectivity index (χ1v) is 16.2. The summed E-state index contributed by atoms with van der Waals surface area (Å²) in [5.74, 6) is -0.284. The first-order valence-electron chi connectivity index (χ1n) is 16.2. The lowest BCUT2D eigenvalue weighted by Crippen LogP contribution is -2.51. The molecule has 0 saturated carbocycles. The van der Waals surface area contributed by atoms with Gasteiger partial charge in [0.25, 0.3) is 0 Å². The number of anilines is 1. The van der Waals surface area contributed by atoms with Gasteiger partial charge in [-0.15, -0.1) is 0 Å². The maximum absolute atomic E-state index is 13.3. The Hall–Kier alpha value is -5.00. The maximum atomic E-state index is 13.3. The molecule has 47 heavy (non-hydrogen) atoms. The summed E-state index contributed by atoms with van der Waals surface area (Å²) in [7, 11) is 1.23. The topological polar surface area (TPSA) is 146 Å². The summed E-state index contributed by atoms with van der Waals surface area (Å²) in [6, 6.07) is 12.5. The fraction of sp³-hybridized carbons (Fsp3) is 0.429. The molecular formula is C35H40N6O6. The molecule has 3 aliphatic heterocycles. The second-order valence-electron chi connectivity index (χ2n) is 12.7. The third-order valence-electron chi connectivity index (χ3n) is 9.20. The highest BCUT2D eigenvalue weighted by Gasteiger charge is 2.37. The molecule has 1 aromatic heterocycles. The lowest BCUT2D eigenvalue weighted by Gasteiger charge is -2.26. The summed E-state index contributed by atoms with van der Waals surface area (Å²) in [4.78, 5) is 58.9. The van der Waals surface area contributed by atoms with Crippen molar-refractivity contribution in [1.82, 2.24) is 20.3 Å². The molecule has 0 spiro atoms. The zero-order valence-electron chi connectivity index (χ0n) is 27.1. The van der Waals surface area contributed by atoms with E-state index in [4.69, 9.17) is 9.52 Å². The lowest BCUT2D eigenvalue weighted by molar-refractivity contribution is -0.138. The van der Waals surface area contributed by atoms with Gasteiger partial charge in [-0.3, -0.25) is 19.4 Å². The molecule has 3 aromatic rings. The largest absolute Gasteiger partial charge is 0.453 e. The Balaban J connectivity index is 1.12. The number of hydrogen-bond donors (Lipinski definition) is 2. The molecule has 12 nitrogen and oxygen atoms in total. The SMILES string of the molecule is COC(=O)N[C@@H](C)C(=O)N1CCC[C@H]1C(=O)Nc1noc2ccc(-c3ccc(C4=CN=C([C@@H]5CCCN5C(=O)C(C)C)C4)cc3)cc12. The van der Waals surface area contributed by atoms with Crippen LogP contribution in [0, 0.1) is 5.92 Å². The molecule has 0 aliphatic carbocycles. The van der Waals surface area contributed by atoms with Crippen molar-refractivity contribution in [3.05, 3.63) is 54.2 Å². The van der Waals surface area contributed by atoms with E-state index in [9.17, 15) is 19.2 Å². The molecule has 0 bridgehead atoms.